The van der Waals surface area contributed by atoms with Gasteiger partial charge in [0, 0.05) is 15.6 Å². The van der Waals surface area contributed by atoms with Gasteiger partial charge in [0.25, 0.3) is 5.78 Å². The van der Waals surface area contributed by atoms with Crippen molar-refractivity contribution in [1.82, 2.24) is 4.98 Å². The molecule has 1 amide bonds. The molecule has 33 heavy (non-hydrogen) atoms. The molecule has 1 atom stereocenters. The largest absolute Gasteiger partial charge is 0.507 e. The summed E-state index contributed by atoms with van der Waals surface area (Å²) in [6.07, 6.45) is 0. The minimum absolute atomic E-state index is 0.119. The number of amides is 1. The molecule has 3 aromatic carbocycles. The molecule has 5 nitrogen and oxygen atoms in total. The number of hydrogen-bond donors (Lipinski definition) is 1. The minimum atomic E-state index is -0.955. The summed E-state index contributed by atoms with van der Waals surface area (Å²) in [6.45, 7) is 0. The van der Waals surface area contributed by atoms with E-state index in [0.29, 0.717) is 21.1 Å². The standard InChI is InChI=1S/C24H13Cl2FN2O3S/c25-14-5-1-12(2-6-14)20-19(21(30)13-3-8-16(27)9-4-13)22(31)23(32)29(20)24-28-17-10-7-15(26)11-18(17)33-24/h1-11,20,30H/b21-19+. The van der Waals surface area contributed by atoms with E-state index in [-0.39, 0.29) is 16.3 Å². The number of nitrogens with zero attached hydrogens (tertiary/aromatic N) is 2. The van der Waals surface area contributed by atoms with Crippen molar-refractivity contribution in [3.05, 3.63) is 99.3 Å². The number of anilines is 1. The summed E-state index contributed by atoms with van der Waals surface area (Å²) in [5.41, 5.74) is 1.27. The average molecular weight is 499 g/mol. The molecule has 0 radical (unpaired) electrons. The lowest BCUT2D eigenvalue weighted by molar-refractivity contribution is -0.132. The number of ketones is 1. The Morgan fingerprint density at radius 1 is 0.970 bits per heavy atom. The van der Waals surface area contributed by atoms with Crippen LogP contribution in [-0.2, 0) is 9.59 Å². The monoisotopic (exact) mass is 498 g/mol. The van der Waals surface area contributed by atoms with Gasteiger partial charge in [0.05, 0.1) is 21.8 Å². The lowest BCUT2D eigenvalue weighted by Gasteiger charge is -2.23. The maximum absolute atomic E-state index is 13.4. The Morgan fingerprint density at radius 3 is 2.33 bits per heavy atom. The van der Waals surface area contributed by atoms with Gasteiger partial charge in [-0.1, -0.05) is 46.7 Å². The van der Waals surface area contributed by atoms with Crippen LogP contribution in [-0.4, -0.2) is 21.8 Å². The lowest BCUT2D eigenvalue weighted by atomic mass is 9.95. The number of carbonyl (C=O) groups excluding carboxylic acids is 2. The highest BCUT2D eigenvalue weighted by Gasteiger charge is 2.48. The van der Waals surface area contributed by atoms with Gasteiger partial charge in [-0.05, 0) is 60.2 Å². The fourth-order valence-electron chi connectivity index (χ4n) is 3.74. The van der Waals surface area contributed by atoms with Crippen molar-refractivity contribution in [2.75, 3.05) is 4.90 Å². The minimum Gasteiger partial charge on any atom is -0.507 e. The van der Waals surface area contributed by atoms with Gasteiger partial charge in [-0.2, -0.15) is 0 Å². The average Bonchev–Trinajstić information content (AvgIpc) is 3.32. The first-order valence-electron chi connectivity index (χ1n) is 9.72. The van der Waals surface area contributed by atoms with Crippen molar-refractivity contribution < 1.29 is 19.1 Å². The summed E-state index contributed by atoms with van der Waals surface area (Å²) in [5, 5.41) is 12.3. The van der Waals surface area contributed by atoms with Gasteiger partial charge >= 0.3 is 5.91 Å². The molecular weight excluding hydrogens is 486 g/mol. The van der Waals surface area contributed by atoms with E-state index in [1.54, 1.807) is 42.5 Å². The normalized spacial score (nSPS) is 17.8. The molecule has 1 unspecified atom stereocenters. The molecule has 1 fully saturated rings. The zero-order valence-electron chi connectivity index (χ0n) is 16.6. The Hall–Kier alpha value is -3.26. The predicted octanol–water partition coefficient (Wildman–Crippen LogP) is 6.37. The number of fused-ring (bicyclic) bond motifs is 1. The van der Waals surface area contributed by atoms with Crippen LogP contribution in [0.15, 0.2) is 72.3 Å². The third-order valence-electron chi connectivity index (χ3n) is 5.29. The highest BCUT2D eigenvalue weighted by Crippen LogP contribution is 2.44. The summed E-state index contributed by atoms with van der Waals surface area (Å²) in [4.78, 5) is 32.1. The number of benzene rings is 3. The smallest absolute Gasteiger partial charge is 0.301 e. The summed E-state index contributed by atoms with van der Waals surface area (Å²) in [6, 6.07) is 15.8. The first kappa shape index (κ1) is 21.6. The number of rotatable bonds is 3. The molecule has 9 heteroatoms. The van der Waals surface area contributed by atoms with E-state index in [1.807, 2.05) is 0 Å². The van der Waals surface area contributed by atoms with Crippen LogP contribution >= 0.6 is 34.5 Å². The molecule has 0 aliphatic carbocycles. The molecule has 0 saturated carbocycles. The predicted molar refractivity (Wildman–Crippen MR) is 127 cm³/mol. The zero-order chi connectivity index (χ0) is 23.3. The molecule has 1 saturated heterocycles. The first-order chi connectivity index (χ1) is 15.8. The molecule has 0 bridgehead atoms. The third kappa shape index (κ3) is 3.78. The van der Waals surface area contributed by atoms with Crippen LogP contribution in [0.5, 0.6) is 0 Å². The Kier molecular flexibility index (Phi) is 5.40. The second-order valence-corrected chi connectivity index (χ2v) is 9.22. The summed E-state index contributed by atoms with van der Waals surface area (Å²) in [5.74, 6) is -2.59. The van der Waals surface area contributed by atoms with Crippen molar-refractivity contribution in [2.24, 2.45) is 0 Å². The highest BCUT2D eigenvalue weighted by atomic mass is 35.5. The van der Waals surface area contributed by atoms with Gasteiger partial charge in [0.2, 0.25) is 0 Å². The molecule has 1 aliphatic heterocycles. The quantitative estimate of drug-likeness (QED) is 0.202. The van der Waals surface area contributed by atoms with E-state index >= 15 is 0 Å². The molecule has 5 rings (SSSR count). The van der Waals surface area contributed by atoms with E-state index < -0.39 is 29.3 Å². The van der Waals surface area contributed by atoms with Crippen molar-refractivity contribution in [3.63, 3.8) is 0 Å². The molecular formula is C24H13Cl2FN2O3S. The van der Waals surface area contributed by atoms with Gasteiger partial charge < -0.3 is 5.11 Å². The van der Waals surface area contributed by atoms with Gasteiger partial charge in [-0.15, -0.1) is 0 Å². The van der Waals surface area contributed by atoms with Gasteiger partial charge in [0.1, 0.15) is 11.6 Å². The topological polar surface area (TPSA) is 70.5 Å². The number of thiazole rings is 1. The van der Waals surface area contributed by atoms with E-state index in [1.165, 1.54) is 40.5 Å². The van der Waals surface area contributed by atoms with E-state index in [4.69, 9.17) is 23.2 Å². The number of hydrogen-bond acceptors (Lipinski definition) is 5. The molecule has 1 aliphatic rings. The third-order valence-corrected chi connectivity index (χ3v) is 6.80. The lowest BCUT2D eigenvalue weighted by Crippen LogP contribution is -2.29. The molecule has 2 heterocycles. The van der Waals surface area contributed by atoms with Crippen molar-refractivity contribution >= 4 is 67.3 Å². The van der Waals surface area contributed by atoms with Crippen LogP contribution in [0, 0.1) is 5.82 Å². The van der Waals surface area contributed by atoms with Crippen LogP contribution in [0.3, 0.4) is 0 Å². The SMILES string of the molecule is O=C1C(=O)N(c2nc3ccc(Cl)cc3s2)C(c2ccc(Cl)cc2)/C1=C(\O)c1ccc(F)cc1. The number of aliphatic hydroxyl groups is 1. The van der Waals surface area contributed by atoms with Crippen LogP contribution in [0.4, 0.5) is 9.52 Å². The Labute approximate surface area is 201 Å². The Balaban J connectivity index is 1.73. The fourth-order valence-corrected chi connectivity index (χ4v) is 5.14. The fraction of sp³-hybridized carbons (Fsp3) is 0.0417. The van der Waals surface area contributed by atoms with Crippen molar-refractivity contribution in [2.45, 2.75) is 6.04 Å². The summed E-state index contributed by atoms with van der Waals surface area (Å²) >= 11 is 13.3. The van der Waals surface area contributed by atoms with E-state index in [0.717, 1.165) is 4.70 Å². The highest BCUT2D eigenvalue weighted by molar-refractivity contribution is 7.22. The maximum Gasteiger partial charge on any atom is 0.301 e. The number of aliphatic hydroxyl groups excluding tert-OH is 1. The van der Waals surface area contributed by atoms with Crippen LogP contribution in [0.2, 0.25) is 10.0 Å². The second-order valence-electron chi connectivity index (χ2n) is 7.34. The van der Waals surface area contributed by atoms with Crippen molar-refractivity contribution in [3.8, 4) is 0 Å². The van der Waals surface area contributed by atoms with Gasteiger partial charge in [-0.25, -0.2) is 9.37 Å². The Morgan fingerprint density at radius 2 is 1.64 bits per heavy atom. The number of carbonyl (C=O) groups is 2. The summed E-state index contributed by atoms with van der Waals surface area (Å²) in [7, 11) is 0. The van der Waals surface area contributed by atoms with Crippen LogP contribution in [0.1, 0.15) is 17.2 Å². The van der Waals surface area contributed by atoms with Crippen LogP contribution in [0.25, 0.3) is 16.0 Å². The second kappa shape index (κ2) is 8.26. The molecule has 4 aromatic rings. The van der Waals surface area contributed by atoms with Crippen LogP contribution < -0.4 is 4.90 Å². The molecule has 0 spiro atoms. The number of Topliss-reactive ketones (excluding diaryl/α,β-unsaturated/α-hetero) is 1. The molecule has 164 valence electrons. The van der Waals surface area contributed by atoms with E-state index in [9.17, 15) is 19.1 Å². The van der Waals surface area contributed by atoms with Gasteiger partial charge in [-0.3, -0.25) is 14.5 Å². The first-order valence-corrected chi connectivity index (χ1v) is 11.3. The maximum atomic E-state index is 13.4. The molecule has 1 N–H and O–H groups in total. The van der Waals surface area contributed by atoms with Crippen molar-refractivity contribution in [1.29, 1.82) is 0 Å². The Bertz CT molecular complexity index is 1450. The number of halogens is 3. The summed E-state index contributed by atoms with van der Waals surface area (Å²) < 4.78 is 14.1. The number of aromatic nitrogens is 1. The zero-order valence-corrected chi connectivity index (χ0v) is 19.0. The van der Waals surface area contributed by atoms with E-state index in [2.05, 4.69) is 4.98 Å². The van der Waals surface area contributed by atoms with Gasteiger partial charge in [0.15, 0.2) is 5.13 Å². The molecule has 1 aromatic heterocycles.